The number of sulfone groups is 1. The van der Waals surface area contributed by atoms with Crippen LogP contribution in [0.15, 0.2) is 35.2 Å². The molecule has 0 aliphatic heterocycles. The molecule has 2 aromatic rings. The number of aromatic nitrogens is 1. The summed E-state index contributed by atoms with van der Waals surface area (Å²) >= 11 is 1.68. The highest BCUT2D eigenvalue weighted by atomic mass is 32.2. The molecule has 1 amide bonds. The first-order valence-electron chi connectivity index (χ1n) is 7.99. The minimum absolute atomic E-state index is 0.0355. The number of benzene rings is 1. The predicted molar refractivity (Wildman–Crippen MR) is 93.8 cm³/mol. The molecule has 24 heavy (non-hydrogen) atoms. The molecule has 1 aliphatic carbocycles. The summed E-state index contributed by atoms with van der Waals surface area (Å²) in [5.41, 5.74) is 0.961. The van der Waals surface area contributed by atoms with Crippen LogP contribution >= 0.6 is 11.3 Å². The molecule has 1 aromatic carbocycles. The van der Waals surface area contributed by atoms with Crippen LogP contribution in [-0.4, -0.2) is 25.1 Å². The Morgan fingerprint density at radius 3 is 2.83 bits per heavy atom. The van der Waals surface area contributed by atoms with Gasteiger partial charge in [0, 0.05) is 11.3 Å². The summed E-state index contributed by atoms with van der Waals surface area (Å²) in [6, 6.07) is 8.15. The van der Waals surface area contributed by atoms with Crippen molar-refractivity contribution in [1.29, 1.82) is 0 Å². The van der Waals surface area contributed by atoms with E-state index < -0.39 is 9.84 Å². The van der Waals surface area contributed by atoms with Crippen LogP contribution in [0.3, 0.4) is 0 Å². The van der Waals surface area contributed by atoms with Crippen LogP contribution in [-0.2, 0) is 21.1 Å². The van der Waals surface area contributed by atoms with Gasteiger partial charge in [-0.2, -0.15) is 0 Å². The highest BCUT2D eigenvalue weighted by Gasteiger charge is 2.26. The third kappa shape index (κ3) is 3.84. The minimum Gasteiger partial charge on any atom is -0.348 e. The SMILES string of the molecule is Cc1nc2c(s1)CCCC2NC(=O)CCS(=O)(=O)c1ccccc1. The Balaban J connectivity index is 1.61. The number of thiazole rings is 1. The van der Waals surface area contributed by atoms with Gasteiger partial charge in [0.15, 0.2) is 9.84 Å². The van der Waals surface area contributed by atoms with Crippen molar-refractivity contribution in [3.63, 3.8) is 0 Å². The first-order chi connectivity index (χ1) is 11.5. The average molecular weight is 364 g/mol. The number of hydrogen-bond acceptors (Lipinski definition) is 5. The number of carbonyl (C=O) groups is 1. The number of aryl methyl sites for hydroxylation is 2. The van der Waals surface area contributed by atoms with E-state index in [1.54, 1.807) is 41.7 Å². The maximum Gasteiger partial charge on any atom is 0.221 e. The maximum atomic E-state index is 12.2. The maximum absolute atomic E-state index is 12.2. The summed E-state index contributed by atoms with van der Waals surface area (Å²) in [4.78, 5) is 18.2. The molecule has 0 saturated carbocycles. The molecule has 1 unspecified atom stereocenters. The number of fused-ring (bicyclic) bond motifs is 1. The second kappa shape index (κ2) is 7.03. The number of nitrogens with one attached hydrogen (secondary N) is 1. The molecule has 0 radical (unpaired) electrons. The van der Waals surface area contributed by atoms with Crippen LogP contribution in [0, 0.1) is 6.92 Å². The Kier molecular flexibility index (Phi) is 5.01. The fourth-order valence-electron chi connectivity index (χ4n) is 2.92. The summed E-state index contributed by atoms with van der Waals surface area (Å²) in [7, 11) is -3.43. The van der Waals surface area contributed by atoms with Crippen LogP contribution in [0.2, 0.25) is 0 Å². The van der Waals surface area contributed by atoms with Gasteiger partial charge >= 0.3 is 0 Å². The topological polar surface area (TPSA) is 76.1 Å². The second-order valence-corrected chi connectivity index (χ2v) is 9.33. The van der Waals surface area contributed by atoms with Crippen LogP contribution in [0.5, 0.6) is 0 Å². The van der Waals surface area contributed by atoms with Crippen LogP contribution in [0.25, 0.3) is 0 Å². The van der Waals surface area contributed by atoms with Gasteiger partial charge in [0.05, 0.1) is 27.4 Å². The Labute approximate surface area is 146 Å². The van der Waals surface area contributed by atoms with Crippen molar-refractivity contribution >= 4 is 27.1 Å². The Bertz CT molecular complexity index is 829. The van der Waals surface area contributed by atoms with E-state index in [9.17, 15) is 13.2 Å². The normalized spacial score (nSPS) is 17.3. The highest BCUT2D eigenvalue weighted by Crippen LogP contribution is 2.33. The van der Waals surface area contributed by atoms with Gasteiger partial charge in [0.1, 0.15) is 0 Å². The van der Waals surface area contributed by atoms with Gasteiger partial charge in [-0.15, -0.1) is 11.3 Å². The van der Waals surface area contributed by atoms with E-state index in [0.29, 0.717) is 0 Å². The van der Waals surface area contributed by atoms with Gasteiger partial charge in [-0.05, 0) is 38.3 Å². The average Bonchev–Trinajstić information content (AvgIpc) is 2.95. The Morgan fingerprint density at radius 1 is 1.33 bits per heavy atom. The van der Waals surface area contributed by atoms with Crippen LogP contribution in [0.4, 0.5) is 0 Å². The zero-order chi connectivity index (χ0) is 17.2. The fraction of sp³-hybridized carbons (Fsp3) is 0.412. The van der Waals surface area contributed by atoms with Crippen molar-refractivity contribution in [3.8, 4) is 0 Å². The molecule has 7 heteroatoms. The largest absolute Gasteiger partial charge is 0.348 e. The lowest BCUT2D eigenvalue weighted by molar-refractivity contribution is -0.121. The molecule has 1 aliphatic rings. The van der Waals surface area contributed by atoms with E-state index in [1.165, 1.54) is 4.88 Å². The van der Waals surface area contributed by atoms with E-state index in [-0.39, 0.29) is 29.0 Å². The molecular formula is C17H20N2O3S2. The summed E-state index contributed by atoms with van der Waals surface area (Å²) in [5.74, 6) is -0.420. The molecule has 0 spiro atoms. The molecule has 0 fully saturated rings. The molecular weight excluding hydrogens is 344 g/mol. The first-order valence-corrected chi connectivity index (χ1v) is 10.5. The number of hydrogen-bond donors (Lipinski definition) is 1. The zero-order valence-electron chi connectivity index (χ0n) is 13.5. The molecule has 128 valence electrons. The zero-order valence-corrected chi connectivity index (χ0v) is 15.1. The number of nitrogens with zero attached hydrogens (tertiary/aromatic N) is 1. The molecule has 1 N–H and O–H groups in total. The minimum atomic E-state index is -3.43. The van der Waals surface area contributed by atoms with Crippen LogP contribution < -0.4 is 5.32 Å². The van der Waals surface area contributed by atoms with Crippen molar-refractivity contribution in [2.24, 2.45) is 0 Å². The second-order valence-electron chi connectivity index (χ2n) is 5.94. The monoisotopic (exact) mass is 364 g/mol. The van der Waals surface area contributed by atoms with Gasteiger partial charge in [-0.1, -0.05) is 18.2 Å². The van der Waals surface area contributed by atoms with E-state index in [1.807, 2.05) is 6.92 Å². The van der Waals surface area contributed by atoms with Gasteiger partial charge < -0.3 is 5.32 Å². The number of rotatable bonds is 5. The molecule has 3 rings (SSSR count). The van der Waals surface area contributed by atoms with E-state index >= 15 is 0 Å². The smallest absolute Gasteiger partial charge is 0.221 e. The standard InChI is InChI=1S/C17H20N2O3S2/c1-12-18-17-14(8-5-9-15(17)23-12)19-16(20)10-11-24(21,22)13-6-3-2-4-7-13/h2-4,6-7,14H,5,8-11H2,1H3,(H,19,20). The number of amides is 1. The number of carbonyl (C=O) groups excluding carboxylic acids is 1. The quantitative estimate of drug-likeness (QED) is 0.885. The van der Waals surface area contributed by atoms with E-state index in [2.05, 4.69) is 10.3 Å². The first kappa shape index (κ1) is 17.1. The van der Waals surface area contributed by atoms with Crippen LogP contribution in [0.1, 0.15) is 40.9 Å². The van der Waals surface area contributed by atoms with Gasteiger partial charge in [-0.25, -0.2) is 13.4 Å². The van der Waals surface area contributed by atoms with Gasteiger partial charge in [0.2, 0.25) is 5.91 Å². The van der Waals surface area contributed by atoms with Crippen molar-refractivity contribution in [3.05, 3.63) is 45.9 Å². The van der Waals surface area contributed by atoms with Gasteiger partial charge in [-0.3, -0.25) is 4.79 Å². The van der Waals surface area contributed by atoms with Crippen molar-refractivity contribution < 1.29 is 13.2 Å². The summed E-state index contributed by atoms with van der Waals surface area (Å²) in [6.07, 6.45) is 2.84. The van der Waals surface area contributed by atoms with Gasteiger partial charge in [0.25, 0.3) is 0 Å². The fourth-order valence-corrected chi connectivity index (χ4v) is 5.22. The van der Waals surface area contributed by atoms with Crippen molar-refractivity contribution in [2.45, 2.75) is 43.5 Å². The third-order valence-corrected chi connectivity index (χ3v) is 6.87. The molecule has 1 atom stereocenters. The van der Waals surface area contributed by atoms with E-state index in [0.717, 1.165) is 30.0 Å². The Hall–Kier alpha value is -1.73. The highest BCUT2D eigenvalue weighted by molar-refractivity contribution is 7.91. The summed E-state index contributed by atoms with van der Waals surface area (Å²) in [5, 5.41) is 3.96. The summed E-state index contributed by atoms with van der Waals surface area (Å²) in [6.45, 7) is 1.97. The lowest BCUT2D eigenvalue weighted by Crippen LogP contribution is -2.32. The van der Waals surface area contributed by atoms with E-state index in [4.69, 9.17) is 0 Å². The third-order valence-electron chi connectivity index (χ3n) is 4.10. The molecule has 0 saturated heterocycles. The molecule has 1 heterocycles. The molecule has 0 bridgehead atoms. The van der Waals surface area contributed by atoms with Crippen molar-refractivity contribution in [1.82, 2.24) is 10.3 Å². The molecule has 1 aromatic heterocycles. The lowest BCUT2D eigenvalue weighted by atomic mass is 9.97. The summed E-state index contributed by atoms with van der Waals surface area (Å²) < 4.78 is 24.5. The predicted octanol–water partition coefficient (Wildman–Crippen LogP) is 2.81. The Morgan fingerprint density at radius 2 is 2.08 bits per heavy atom. The molecule has 5 nitrogen and oxygen atoms in total. The van der Waals surface area contributed by atoms with Crippen molar-refractivity contribution in [2.75, 3.05) is 5.75 Å². The lowest BCUT2D eigenvalue weighted by Gasteiger charge is -2.22.